The Kier molecular flexibility index (Phi) is 8.99. The summed E-state index contributed by atoms with van der Waals surface area (Å²) in [5, 5.41) is 3.33. The number of rotatable bonds is 10. The largest absolute Gasteiger partial charge is 0.497 e. The zero-order valence-electron chi connectivity index (χ0n) is 17.9. The first-order valence-corrected chi connectivity index (χ1v) is 10.3. The van der Waals surface area contributed by atoms with Gasteiger partial charge in [-0.2, -0.15) is 0 Å². The second-order valence-corrected chi connectivity index (χ2v) is 7.59. The number of nitrogens with one attached hydrogen (secondary N) is 1. The van der Waals surface area contributed by atoms with Gasteiger partial charge in [-0.05, 0) is 50.1 Å². The standard InChI is InChI=1S/C23H29ClN2O4/c1-5-20(23(28)25-16(2)3)26(14-17-9-8-10-18(13-17)29-4)22(27)15-30-21-12-7-6-11-19(21)24/h6-13,16,20H,5,14-15H2,1-4H3,(H,25,28). The van der Waals surface area contributed by atoms with E-state index < -0.39 is 6.04 Å². The highest BCUT2D eigenvalue weighted by atomic mass is 35.5. The Bertz CT molecular complexity index is 857. The van der Waals surface area contributed by atoms with Crippen LogP contribution in [0, 0.1) is 0 Å². The van der Waals surface area contributed by atoms with Crippen molar-refractivity contribution in [2.75, 3.05) is 13.7 Å². The zero-order valence-corrected chi connectivity index (χ0v) is 18.6. The zero-order chi connectivity index (χ0) is 22.1. The second kappa shape index (κ2) is 11.5. The number of halogens is 1. The monoisotopic (exact) mass is 432 g/mol. The highest BCUT2D eigenvalue weighted by Gasteiger charge is 2.29. The van der Waals surface area contributed by atoms with Crippen molar-refractivity contribution in [3.63, 3.8) is 0 Å². The number of benzene rings is 2. The third-order valence-corrected chi connectivity index (χ3v) is 4.80. The molecule has 0 aliphatic rings. The summed E-state index contributed by atoms with van der Waals surface area (Å²) in [5.41, 5.74) is 0.858. The number of ether oxygens (including phenoxy) is 2. The van der Waals surface area contributed by atoms with Crippen LogP contribution in [0.5, 0.6) is 11.5 Å². The van der Waals surface area contributed by atoms with E-state index in [9.17, 15) is 9.59 Å². The molecule has 0 aliphatic carbocycles. The molecule has 0 aliphatic heterocycles. The van der Waals surface area contributed by atoms with Gasteiger partial charge in [-0.3, -0.25) is 9.59 Å². The minimum atomic E-state index is -0.624. The molecule has 2 aromatic rings. The van der Waals surface area contributed by atoms with Gasteiger partial charge in [-0.25, -0.2) is 0 Å². The van der Waals surface area contributed by atoms with Gasteiger partial charge in [0.2, 0.25) is 5.91 Å². The Balaban J connectivity index is 2.24. The molecule has 1 N–H and O–H groups in total. The van der Waals surface area contributed by atoms with Crippen LogP contribution in [0.3, 0.4) is 0 Å². The number of carbonyl (C=O) groups is 2. The molecular formula is C23H29ClN2O4. The molecule has 2 rings (SSSR count). The van der Waals surface area contributed by atoms with Gasteiger partial charge in [0, 0.05) is 12.6 Å². The molecule has 0 fully saturated rings. The van der Waals surface area contributed by atoms with E-state index >= 15 is 0 Å². The van der Waals surface area contributed by atoms with Crippen LogP contribution in [0.2, 0.25) is 5.02 Å². The van der Waals surface area contributed by atoms with Crippen LogP contribution in [-0.2, 0) is 16.1 Å². The average molecular weight is 433 g/mol. The molecule has 2 aromatic carbocycles. The molecular weight excluding hydrogens is 404 g/mol. The van der Waals surface area contributed by atoms with E-state index in [4.69, 9.17) is 21.1 Å². The molecule has 2 amide bonds. The molecule has 0 heterocycles. The van der Waals surface area contributed by atoms with E-state index in [0.717, 1.165) is 5.56 Å². The first-order valence-electron chi connectivity index (χ1n) is 9.95. The fourth-order valence-corrected chi connectivity index (χ4v) is 3.24. The minimum absolute atomic E-state index is 0.0281. The Morgan fingerprint density at radius 1 is 1.13 bits per heavy atom. The van der Waals surface area contributed by atoms with Gasteiger partial charge in [-0.1, -0.05) is 42.8 Å². The van der Waals surface area contributed by atoms with Gasteiger partial charge in [0.15, 0.2) is 6.61 Å². The normalized spacial score (nSPS) is 11.7. The topological polar surface area (TPSA) is 67.9 Å². The summed E-state index contributed by atoms with van der Waals surface area (Å²) >= 11 is 6.12. The quantitative estimate of drug-likeness (QED) is 0.614. The lowest BCUT2D eigenvalue weighted by Gasteiger charge is -2.31. The number of carbonyl (C=O) groups excluding carboxylic acids is 2. The fourth-order valence-electron chi connectivity index (χ4n) is 3.05. The SMILES string of the molecule is CCC(C(=O)NC(C)C)N(Cc1cccc(OC)c1)C(=O)COc1ccccc1Cl. The third-order valence-electron chi connectivity index (χ3n) is 4.49. The van der Waals surface area contributed by atoms with E-state index in [1.807, 2.05) is 45.0 Å². The lowest BCUT2D eigenvalue weighted by molar-refractivity contribution is -0.143. The van der Waals surface area contributed by atoms with Crippen LogP contribution in [0.1, 0.15) is 32.8 Å². The smallest absolute Gasteiger partial charge is 0.261 e. The van der Waals surface area contributed by atoms with Crippen molar-refractivity contribution in [1.82, 2.24) is 10.2 Å². The van der Waals surface area contributed by atoms with Crippen molar-refractivity contribution in [1.29, 1.82) is 0 Å². The van der Waals surface area contributed by atoms with Crippen LogP contribution in [0.25, 0.3) is 0 Å². The molecule has 0 radical (unpaired) electrons. The predicted molar refractivity (Wildman–Crippen MR) is 118 cm³/mol. The van der Waals surface area contributed by atoms with Gasteiger partial charge in [-0.15, -0.1) is 0 Å². The van der Waals surface area contributed by atoms with E-state index in [1.54, 1.807) is 36.3 Å². The number of amides is 2. The summed E-state index contributed by atoms with van der Waals surface area (Å²) in [5.74, 6) is 0.616. The first kappa shape index (κ1) is 23.5. The van der Waals surface area contributed by atoms with Crippen molar-refractivity contribution >= 4 is 23.4 Å². The summed E-state index contributed by atoms with van der Waals surface area (Å²) in [7, 11) is 1.59. The van der Waals surface area contributed by atoms with E-state index in [0.29, 0.717) is 22.9 Å². The van der Waals surface area contributed by atoms with Crippen molar-refractivity contribution in [3.8, 4) is 11.5 Å². The Hall–Kier alpha value is -2.73. The molecule has 0 aromatic heterocycles. The highest BCUT2D eigenvalue weighted by Crippen LogP contribution is 2.23. The maximum absolute atomic E-state index is 13.1. The van der Waals surface area contributed by atoms with Gasteiger partial charge < -0.3 is 19.7 Å². The Morgan fingerprint density at radius 3 is 2.50 bits per heavy atom. The first-order chi connectivity index (χ1) is 14.3. The van der Waals surface area contributed by atoms with Crippen LogP contribution >= 0.6 is 11.6 Å². The summed E-state index contributed by atoms with van der Waals surface area (Å²) in [6.45, 7) is 5.69. The van der Waals surface area contributed by atoms with Gasteiger partial charge in [0.05, 0.1) is 12.1 Å². The summed E-state index contributed by atoms with van der Waals surface area (Å²) in [4.78, 5) is 27.4. The number of nitrogens with zero attached hydrogens (tertiary/aromatic N) is 1. The maximum atomic E-state index is 13.1. The van der Waals surface area contributed by atoms with E-state index in [-0.39, 0.29) is 31.0 Å². The molecule has 30 heavy (non-hydrogen) atoms. The molecule has 7 heteroatoms. The molecule has 0 spiro atoms. The summed E-state index contributed by atoms with van der Waals surface area (Å²) in [6, 6.07) is 13.7. The van der Waals surface area contributed by atoms with E-state index in [1.165, 1.54) is 0 Å². The van der Waals surface area contributed by atoms with Crippen molar-refractivity contribution in [3.05, 3.63) is 59.1 Å². The lowest BCUT2D eigenvalue weighted by Crippen LogP contribution is -2.51. The minimum Gasteiger partial charge on any atom is -0.497 e. The Morgan fingerprint density at radius 2 is 1.87 bits per heavy atom. The van der Waals surface area contributed by atoms with Crippen LogP contribution in [-0.4, -0.2) is 42.5 Å². The van der Waals surface area contributed by atoms with Crippen molar-refractivity contribution in [2.45, 2.75) is 45.8 Å². The lowest BCUT2D eigenvalue weighted by atomic mass is 10.1. The van der Waals surface area contributed by atoms with Crippen molar-refractivity contribution < 1.29 is 19.1 Å². The van der Waals surface area contributed by atoms with E-state index in [2.05, 4.69) is 5.32 Å². The molecule has 0 saturated heterocycles. The van der Waals surface area contributed by atoms with Crippen LogP contribution in [0.15, 0.2) is 48.5 Å². The highest BCUT2D eigenvalue weighted by molar-refractivity contribution is 6.32. The number of hydrogen-bond donors (Lipinski definition) is 1. The maximum Gasteiger partial charge on any atom is 0.261 e. The van der Waals surface area contributed by atoms with Gasteiger partial charge in [0.1, 0.15) is 17.5 Å². The molecule has 1 unspecified atom stereocenters. The molecule has 162 valence electrons. The number of methoxy groups -OCH3 is 1. The molecule has 0 bridgehead atoms. The van der Waals surface area contributed by atoms with Crippen LogP contribution in [0.4, 0.5) is 0 Å². The molecule has 6 nitrogen and oxygen atoms in total. The predicted octanol–water partition coefficient (Wildman–Crippen LogP) is 4.06. The van der Waals surface area contributed by atoms with Crippen LogP contribution < -0.4 is 14.8 Å². The van der Waals surface area contributed by atoms with Crippen molar-refractivity contribution in [2.24, 2.45) is 0 Å². The second-order valence-electron chi connectivity index (χ2n) is 7.18. The van der Waals surface area contributed by atoms with Gasteiger partial charge >= 0.3 is 0 Å². The third kappa shape index (κ3) is 6.66. The summed E-state index contributed by atoms with van der Waals surface area (Å²) < 4.78 is 10.9. The Labute approximate surface area is 183 Å². The fraction of sp³-hybridized carbons (Fsp3) is 0.391. The molecule has 1 atom stereocenters. The number of hydrogen-bond acceptors (Lipinski definition) is 4. The summed E-state index contributed by atoms with van der Waals surface area (Å²) in [6.07, 6.45) is 0.473. The average Bonchev–Trinajstić information content (AvgIpc) is 2.72. The van der Waals surface area contributed by atoms with Gasteiger partial charge in [0.25, 0.3) is 5.91 Å². The number of para-hydroxylation sites is 1. The molecule has 0 saturated carbocycles.